The Hall–Kier alpha value is -0.0400. The van der Waals surface area contributed by atoms with Crippen molar-refractivity contribution < 1.29 is 4.74 Å². The fraction of sp³-hybridized carbons (Fsp3) is 1.00. The molecule has 1 aliphatic heterocycles. The lowest BCUT2D eigenvalue weighted by Crippen LogP contribution is -2.40. The molecule has 3 unspecified atom stereocenters. The Balaban J connectivity index is 1.88. The number of rotatable bonds is 0. The van der Waals surface area contributed by atoms with Crippen LogP contribution in [0, 0.1) is 17.3 Å². The molecular formula is C11H18O. The topological polar surface area (TPSA) is 9.23 Å². The molecule has 1 heteroatoms. The number of ether oxygens (including phenoxy) is 1. The van der Waals surface area contributed by atoms with Gasteiger partial charge >= 0.3 is 0 Å². The molecule has 1 heterocycles. The molecule has 0 aromatic rings. The fourth-order valence-electron chi connectivity index (χ4n) is 3.83. The molecule has 1 spiro atoms. The van der Waals surface area contributed by atoms with Crippen LogP contribution in [0.4, 0.5) is 0 Å². The Morgan fingerprint density at radius 3 is 3.08 bits per heavy atom. The molecule has 2 bridgehead atoms. The molecule has 3 aliphatic rings. The fourth-order valence-corrected chi connectivity index (χ4v) is 3.83. The maximum absolute atomic E-state index is 5.66. The molecule has 0 aromatic heterocycles. The highest BCUT2D eigenvalue weighted by molar-refractivity contribution is 4.99. The minimum absolute atomic E-state index is 0.668. The van der Waals surface area contributed by atoms with Gasteiger partial charge in [-0.3, -0.25) is 0 Å². The summed E-state index contributed by atoms with van der Waals surface area (Å²) < 4.78 is 5.66. The normalized spacial score (nSPS) is 52.0. The summed E-state index contributed by atoms with van der Waals surface area (Å²) in [4.78, 5) is 0. The second-order valence-corrected chi connectivity index (χ2v) is 5.09. The molecule has 1 saturated heterocycles. The van der Waals surface area contributed by atoms with Crippen molar-refractivity contribution in [2.75, 3.05) is 13.2 Å². The van der Waals surface area contributed by atoms with Crippen LogP contribution in [0.2, 0.25) is 0 Å². The van der Waals surface area contributed by atoms with E-state index in [2.05, 4.69) is 0 Å². The molecule has 3 fully saturated rings. The van der Waals surface area contributed by atoms with Gasteiger partial charge in [0.15, 0.2) is 0 Å². The van der Waals surface area contributed by atoms with Gasteiger partial charge in [-0.2, -0.15) is 0 Å². The Morgan fingerprint density at radius 2 is 2.08 bits per heavy atom. The Morgan fingerprint density at radius 1 is 1.08 bits per heavy atom. The quantitative estimate of drug-likeness (QED) is 0.537. The van der Waals surface area contributed by atoms with Crippen LogP contribution >= 0.6 is 0 Å². The van der Waals surface area contributed by atoms with Crippen molar-refractivity contribution in [3.05, 3.63) is 0 Å². The first-order valence-corrected chi connectivity index (χ1v) is 5.47. The van der Waals surface area contributed by atoms with E-state index in [1.165, 1.54) is 38.5 Å². The van der Waals surface area contributed by atoms with Crippen LogP contribution in [0.3, 0.4) is 0 Å². The second kappa shape index (κ2) is 2.47. The summed E-state index contributed by atoms with van der Waals surface area (Å²) in [6.45, 7) is 2.13. The van der Waals surface area contributed by atoms with Crippen molar-refractivity contribution in [3.8, 4) is 0 Å². The van der Waals surface area contributed by atoms with Crippen molar-refractivity contribution in [1.29, 1.82) is 0 Å². The molecule has 3 rings (SSSR count). The van der Waals surface area contributed by atoms with E-state index in [1.54, 1.807) is 0 Å². The van der Waals surface area contributed by atoms with Crippen molar-refractivity contribution in [1.82, 2.24) is 0 Å². The zero-order valence-electron chi connectivity index (χ0n) is 7.72. The van der Waals surface area contributed by atoms with Crippen LogP contribution < -0.4 is 0 Å². The first-order valence-electron chi connectivity index (χ1n) is 5.47. The van der Waals surface area contributed by atoms with Gasteiger partial charge < -0.3 is 4.74 Å². The average molecular weight is 166 g/mol. The van der Waals surface area contributed by atoms with Crippen molar-refractivity contribution in [3.63, 3.8) is 0 Å². The summed E-state index contributed by atoms with van der Waals surface area (Å²) in [6, 6.07) is 0. The van der Waals surface area contributed by atoms with E-state index in [4.69, 9.17) is 4.74 Å². The van der Waals surface area contributed by atoms with Crippen LogP contribution in [-0.2, 0) is 4.74 Å². The number of hydrogen-bond donors (Lipinski definition) is 0. The number of fused-ring (bicyclic) bond motifs is 1. The van der Waals surface area contributed by atoms with Crippen molar-refractivity contribution in [2.45, 2.75) is 38.5 Å². The summed E-state index contributed by atoms with van der Waals surface area (Å²) in [6.07, 6.45) is 8.85. The Kier molecular flexibility index (Phi) is 1.52. The molecular weight excluding hydrogens is 148 g/mol. The molecule has 68 valence electrons. The highest BCUT2D eigenvalue weighted by Crippen LogP contribution is 2.56. The largest absolute Gasteiger partial charge is 0.381 e. The standard InChI is InChI=1S/C11H18O/c1-2-10-4-6-12-8-11(10)5-3-9(1)7-11/h9-10H,1-8H2. The van der Waals surface area contributed by atoms with E-state index in [9.17, 15) is 0 Å². The molecule has 2 saturated carbocycles. The van der Waals surface area contributed by atoms with Crippen LogP contribution in [0.25, 0.3) is 0 Å². The zero-order chi connectivity index (χ0) is 8.02. The van der Waals surface area contributed by atoms with Crippen LogP contribution in [0.5, 0.6) is 0 Å². The van der Waals surface area contributed by atoms with E-state index in [0.717, 1.165) is 25.0 Å². The van der Waals surface area contributed by atoms with E-state index in [1.807, 2.05) is 0 Å². The van der Waals surface area contributed by atoms with E-state index >= 15 is 0 Å². The maximum Gasteiger partial charge on any atom is 0.0525 e. The molecule has 0 N–H and O–H groups in total. The summed E-state index contributed by atoms with van der Waals surface area (Å²) in [5.41, 5.74) is 0.668. The summed E-state index contributed by atoms with van der Waals surface area (Å²) in [7, 11) is 0. The van der Waals surface area contributed by atoms with Gasteiger partial charge in [-0.25, -0.2) is 0 Å². The lowest BCUT2D eigenvalue weighted by molar-refractivity contribution is -0.0645. The highest BCUT2D eigenvalue weighted by Gasteiger charge is 2.49. The lowest BCUT2D eigenvalue weighted by atomic mass is 9.66. The first-order chi connectivity index (χ1) is 5.89. The van der Waals surface area contributed by atoms with Gasteiger partial charge in [0.25, 0.3) is 0 Å². The molecule has 0 aromatic carbocycles. The van der Waals surface area contributed by atoms with E-state index in [-0.39, 0.29) is 0 Å². The van der Waals surface area contributed by atoms with Crippen LogP contribution in [0.15, 0.2) is 0 Å². The molecule has 0 amide bonds. The molecule has 3 atom stereocenters. The van der Waals surface area contributed by atoms with Crippen molar-refractivity contribution >= 4 is 0 Å². The Labute approximate surface area is 74.5 Å². The van der Waals surface area contributed by atoms with Crippen molar-refractivity contribution in [2.24, 2.45) is 17.3 Å². The van der Waals surface area contributed by atoms with Gasteiger partial charge in [-0.05, 0) is 49.4 Å². The Bertz CT molecular complexity index is 183. The van der Waals surface area contributed by atoms with Gasteiger partial charge in [0.1, 0.15) is 0 Å². The van der Waals surface area contributed by atoms with E-state index in [0.29, 0.717) is 5.41 Å². The van der Waals surface area contributed by atoms with Gasteiger partial charge in [-0.15, -0.1) is 0 Å². The predicted molar refractivity (Wildman–Crippen MR) is 47.9 cm³/mol. The zero-order valence-corrected chi connectivity index (χ0v) is 7.72. The third-order valence-electron chi connectivity index (χ3n) is 4.54. The second-order valence-electron chi connectivity index (χ2n) is 5.09. The summed E-state index contributed by atoms with van der Waals surface area (Å²) in [5.74, 6) is 2.10. The van der Waals surface area contributed by atoms with Gasteiger partial charge in [0.2, 0.25) is 0 Å². The SMILES string of the molecule is C1CC2CCC3CCC2(CO1)C3. The minimum atomic E-state index is 0.668. The summed E-state index contributed by atoms with van der Waals surface area (Å²) in [5, 5.41) is 0. The third kappa shape index (κ3) is 0.891. The molecule has 1 nitrogen and oxygen atoms in total. The first kappa shape index (κ1) is 7.37. The predicted octanol–water partition coefficient (Wildman–Crippen LogP) is 2.60. The highest BCUT2D eigenvalue weighted by atomic mass is 16.5. The average Bonchev–Trinajstić information content (AvgIpc) is 2.43. The van der Waals surface area contributed by atoms with Crippen LogP contribution in [-0.4, -0.2) is 13.2 Å². The smallest absolute Gasteiger partial charge is 0.0525 e. The number of hydrogen-bond acceptors (Lipinski definition) is 1. The van der Waals surface area contributed by atoms with Gasteiger partial charge in [0, 0.05) is 6.61 Å². The molecule has 12 heavy (non-hydrogen) atoms. The monoisotopic (exact) mass is 166 g/mol. The summed E-state index contributed by atoms with van der Waals surface area (Å²) >= 11 is 0. The lowest BCUT2D eigenvalue weighted by Gasteiger charge is -2.44. The van der Waals surface area contributed by atoms with E-state index < -0.39 is 0 Å². The van der Waals surface area contributed by atoms with Gasteiger partial charge in [0.05, 0.1) is 6.61 Å². The van der Waals surface area contributed by atoms with Crippen LogP contribution in [0.1, 0.15) is 38.5 Å². The molecule has 2 aliphatic carbocycles. The maximum atomic E-state index is 5.66. The van der Waals surface area contributed by atoms with Gasteiger partial charge in [-0.1, -0.05) is 6.42 Å². The molecule has 0 radical (unpaired) electrons. The minimum Gasteiger partial charge on any atom is -0.381 e. The third-order valence-corrected chi connectivity index (χ3v) is 4.54.